The van der Waals surface area contributed by atoms with Crippen LogP contribution in [0.5, 0.6) is 5.75 Å². The third-order valence-electron chi connectivity index (χ3n) is 2.53. The molecule has 3 nitrogen and oxygen atoms in total. The molecule has 2 aromatic rings. The van der Waals surface area contributed by atoms with Gasteiger partial charge in [-0.1, -0.05) is 11.6 Å². The van der Waals surface area contributed by atoms with Crippen molar-refractivity contribution in [2.24, 2.45) is 0 Å². The van der Waals surface area contributed by atoms with Crippen LogP contribution >= 0.6 is 11.6 Å². The fourth-order valence-corrected chi connectivity index (χ4v) is 2.93. The van der Waals surface area contributed by atoms with Crippen LogP contribution in [0.25, 0.3) is 0 Å². The zero-order valence-corrected chi connectivity index (χ0v) is 12.1. The van der Waals surface area contributed by atoms with Crippen molar-refractivity contribution in [1.82, 2.24) is 0 Å². The summed E-state index contributed by atoms with van der Waals surface area (Å²) < 4.78 is 106. The van der Waals surface area contributed by atoms with Gasteiger partial charge in [0.05, 0.1) is 5.02 Å². The van der Waals surface area contributed by atoms with E-state index < -0.39 is 60.7 Å². The van der Waals surface area contributed by atoms with Crippen molar-refractivity contribution < 1.29 is 38.9 Å². The maximum atomic E-state index is 13.4. The van der Waals surface area contributed by atoms with E-state index in [2.05, 4.69) is 4.18 Å². The second-order valence-electron chi connectivity index (χ2n) is 4.01. The van der Waals surface area contributed by atoms with E-state index in [0.717, 1.165) is 0 Å². The molecule has 0 aliphatic heterocycles. The lowest BCUT2D eigenvalue weighted by molar-refractivity contribution is 0.346. The van der Waals surface area contributed by atoms with E-state index in [1.54, 1.807) is 0 Å². The lowest BCUT2D eigenvalue weighted by Crippen LogP contribution is -2.15. The van der Waals surface area contributed by atoms with Crippen molar-refractivity contribution in [1.29, 1.82) is 0 Å². The normalized spacial score (nSPS) is 11.6. The standard InChI is InChI=1S/C12H3ClF6O3S/c13-5-3-4(14)1-2-6(5)23(20,21)22-12-10(18)8(16)7(15)9(17)11(12)19/h1-3H. The van der Waals surface area contributed by atoms with E-state index in [-0.39, 0.29) is 0 Å². The van der Waals surface area contributed by atoms with Crippen LogP contribution in [0.1, 0.15) is 0 Å². The van der Waals surface area contributed by atoms with Crippen molar-refractivity contribution in [3.8, 4) is 5.75 Å². The Bertz CT molecular complexity index is 871. The SMILES string of the molecule is O=S(=O)(Oc1c(F)c(F)c(F)c(F)c1F)c1ccc(F)cc1Cl. The van der Waals surface area contributed by atoms with Crippen LogP contribution in [0, 0.1) is 34.9 Å². The van der Waals surface area contributed by atoms with Gasteiger partial charge in [0, 0.05) is 0 Å². The van der Waals surface area contributed by atoms with Crippen LogP contribution in [0.4, 0.5) is 26.3 Å². The van der Waals surface area contributed by atoms with Gasteiger partial charge in [0.2, 0.25) is 34.8 Å². The molecule has 0 aliphatic rings. The first-order valence-corrected chi connectivity index (χ1v) is 7.26. The summed E-state index contributed by atoms with van der Waals surface area (Å²) in [7, 11) is -5.09. The van der Waals surface area contributed by atoms with E-state index in [1.807, 2.05) is 0 Å². The van der Waals surface area contributed by atoms with Crippen molar-refractivity contribution in [2.45, 2.75) is 4.90 Å². The van der Waals surface area contributed by atoms with E-state index in [0.29, 0.717) is 18.2 Å². The van der Waals surface area contributed by atoms with Gasteiger partial charge in [-0.25, -0.2) is 17.6 Å². The molecule has 0 spiro atoms. The fourth-order valence-electron chi connectivity index (χ4n) is 1.49. The minimum absolute atomic E-state index is 0.552. The highest BCUT2D eigenvalue weighted by Crippen LogP contribution is 2.32. The lowest BCUT2D eigenvalue weighted by Gasteiger charge is -2.11. The number of halogens is 7. The molecule has 0 aromatic heterocycles. The predicted molar refractivity (Wildman–Crippen MR) is 65.5 cm³/mol. The van der Waals surface area contributed by atoms with Gasteiger partial charge >= 0.3 is 10.1 Å². The minimum Gasteiger partial charge on any atom is -0.372 e. The molecule has 0 heterocycles. The molecule has 2 aromatic carbocycles. The number of benzene rings is 2. The van der Waals surface area contributed by atoms with Crippen LogP contribution in [0.2, 0.25) is 5.02 Å². The summed E-state index contributed by atoms with van der Waals surface area (Å²) in [4.78, 5) is -0.926. The predicted octanol–water partition coefficient (Wildman–Crippen LogP) is 3.94. The Labute approximate surface area is 130 Å². The molecular weight excluding hydrogens is 374 g/mol. The second-order valence-corrected chi connectivity index (χ2v) is 5.93. The molecule has 124 valence electrons. The molecule has 0 bridgehead atoms. The van der Waals surface area contributed by atoms with E-state index in [1.165, 1.54) is 0 Å². The molecule has 0 radical (unpaired) electrons. The third-order valence-corrected chi connectivity index (χ3v) is 4.23. The van der Waals surface area contributed by atoms with Crippen molar-refractivity contribution in [3.63, 3.8) is 0 Å². The highest BCUT2D eigenvalue weighted by molar-refractivity contribution is 7.87. The summed E-state index contributed by atoms with van der Waals surface area (Å²) in [5.41, 5.74) is 0. The maximum absolute atomic E-state index is 13.4. The summed E-state index contributed by atoms with van der Waals surface area (Å²) in [5, 5.41) is -0.714. The molecule has 2 rings (SSSR count). The Kier molecular flexibility index (Phi) is 4.49. The third kappa shape index (κ3) is 3.08. The Balaban J connectivity index is 2.58. The van der Waals surface area contributed by atoms with E-state index >= 15 is 0 Å². The number of hydrogen-bond donors (Lipinski definition) is 0. The fraction of sp³-hybridized carbons (Fsp3) is 0. The molecule has 11 heteroatoms. The smallest absolute Gasteiger partial charge is 0.340 e. The highest BCUT2D eigenvalue weighted by Gasteiger charge is 2.31. The monoisotopic (exact) mass is 376 g/mol. The van der Waals surface area contributed by atoms with Gasteiger partial charge in [0.15, 0.2) is 0 Å². The van der Waals surface area contributed by atoms with Crippen molar-refractivity contribution in [2.75, 3.05) is 0 Å². The van der Waals surface area contributed by atoms with Gasteiger partial charge in [-0.15, -0.1) is 0 Å². The number of hydrogen-bond acceptors (Lipinski definition) is 3. The molecule has 0 N–H and O–H groups in total. The summed E-state index contributed by atoms with van der Waals surface area (Å²) in [6.45, 7) is 0. The van der Waals surface area contributed by atoms with Crippen LogP contribution in [0.3, 0.4) is 0 Å². The Morgan fingerprint density at radius 2 is 1.30 bits per heavy atom. The van der Waals surface area contributed by atoms with Gasteiger partial charge in [0.1, 0.15) is 10.7 Å². The zero-order valence-electron chi connectivity index (χ0n) is 10.5. The van der Waals surface area contributed by atoms with Crippen LogP contribution in [-0.2, 0) is 10.1 Å². The molecule has 0 saturated carbocycles. The molecule has 23 heavy (non-hydrogen) atoms. The molecular formula is C12H3ClF6O3S. The topological polar surface area (TPSA) is 43.4 Å². The van der Waals surface area contributed by atoms with Gasteiger partial charge in [-0.05, 0) is 18.2 Å². The summed E-state index contributed by atoms with van der Waals surface area (Å²) >= 11 is 5.45. The molecule has 0 aliphatic carbocycles. The molecule has 0 atom stereocenters. The first-order valence-electron chi connectivity index (χ1n) is 5.47. The number of rotatable bonds is 3. The van der Waals surface area contributed by atoms with Crippen molar-refractivity contribution in [3.05, 3.63) is 58.1 Å². The Hall–Kier alpha value is -1.94. The van der Waals surface area contributed by atoms with Crippen LogP contribution < -0.4 is 4.18 Å². The zero-order chi connectivity index (χ0) is 17.5. The Morgan fingerprint density at radius 3 is 1.78 bits per heavy atom. The average Bonchev–Trinajstić information content (AvgIpc) is 2.47. The lowest BCUT2D eigenvalue weighted by atomic mass is 10.3. The van der Waals surface area contributed by atoms with Crippen molar-refractivity contribution >= 4 is 21.7 Å². The minimum atomic E-state index is -5.09. The Morgan fingerprint density at radius 1 is 0.826 bits per heavy atom. The first-order chi connectivity index (χ1) is 10.6. The van der Waals surface area contributed by atoms with E-state index in [9.17, 15) is 34.8 Å². The average molecular weight is 377 g/mol. The highest BCUT2D eigenvalue weighted by atomic mass is 35.5. The van der Waals surface area contributed by atoms with Gasteiger partial charge < -0.3 is 4.18 Å². The quantitative estimate of drug-likeness (QED) is 0.353. The van der Waals surface area contributed by atoms with E-state index in [4.69, 9.17) is 11.6 Å². The first kappa shape index (κ1) is 17.4. The largest absolute Gasteiger partial charge is 0.372 e. The van der Waals surface area contributed by atoms with Crippen LogP contribution in [0.15, 0.2) is 23.1 Å². The molecule has 0 saturated heterocycles. The maximum Gasteiger partial charge on any atom is 0.340 e. The molecule has 0 fully saturated rings. The van der Waals surface area contributed by atoms with Gasteiger partial charge in [-0.2, -0.15) is 17.2 Å². The van der Waals surface area contributed by atoms with Crippen LogP contribution in [-0.4, -0.2) is 8.42 Å². The molecule has 0 amide bonds. The summed E-state index contributed by atoms with van der Waals surface area (Å²) in [6, 6.07) is 1.79. The second kappa shape index (κ2) is 5.93. The van der Waals surface area contributed by atoms with Gasteiger partial charge in [0.25, 0.3) is 0 Å². The summed E-state index contributed by atoms with van der Waals surface area (Å²) in [6.07, 6.45) is 0. The summed E-state index contributed by atoms with van der Waals surface area (Å²) in [5.74, 6) is -15.2. The van der Waals surface area contributed by atoms with Gasteiger partial charge in [-0.3, -0.25) is 0 Å². The molecule has 0 unspecified atom stereocenters.